The monoisotopic (exact) mass is 305 g/mol. The second-order valence-corrected chi connectivity index (χ2v) is 7.69. The molecule has 1 saturated heterocycles. The van der Waals surface area contributed by atoms with Crippen molar-refractivity contribution >= 4 is 21.4 Å². The maximum atomic E-state index is 13.0. The van der Waals surface area contributed by atoms with E-state index < -0.39 is 9.84 Å². The molecule has 0 bridgehead atoms. The summed E-state index contributed by atoms with van der Waals surface area (Å²) in [5, 5.41) is 0.394. The molecule has 19 heavy (non-hydrogen) atoms. The van der Waals surface area contributed by atoms with Crippen LogP contribution in [0.25, 0.3) is 0 Å². The highest BCUT2D eigenvalue weighted by Gasteiger charge is 2.27. The third kappa shape index (κ3) is 4.16. The number of hydrogen-bond acceptors (Lipinski definition) is 3. The lowest BCUT2D eigenvalue weighted by molar-refractivity contribution is 0.262. The second-order valence-electron chi connectivity index (χ2n) is 5.09. The minimum Gasteiger partial charge on any atom is -0.295 e. The van der Waals surface area contributed by atoms with E-state index >= 15 is 0 Å². The molecular formula is C13H17ClFNO2S. The average molecular weight is 306 g/mol. The summed E-state index contributed by atoms with van der Waals surface area (Å²) in [5.41, 5.74) is 0.837. The molecule has 1 heterocycles. The molecule has 1 fully saturated rings. The van der Waals surface area contributed by atoms with Gasteiger partial charge in [0.1, 0.15) is 15.7 Å². The van der Waals surface area contributed by atoms with E-state index in [1.165, 1.54) is 18.4 Å². The molecule has 0 spiro atoms. The molecule has 6 heteroatoms. The molecule has 0 saturated carbocycles. The van der Waals surface area contributed by atoms with Crippen molar-refractivity contribution in [3.05, 3.63) is 34.6 Å². The van der Waals surface area contributed by atoms with Crippen molar-refractivity contribution in [1.82, 2.24) is 4.90 Å². The Bertz CT molecular complexity index is 562. The van der Waals surface area contributed by atoms with Crippen LogP contribution >= 0.6 is 11.6 Å². The third-order valence-corrected chi connectivity index (χ3v) is 4.72. The average Bonchev–Trinajstić information content (AvgIpc) is 2.67. The van der Waals surface area contributed by atoms with Gasteiger partial charge in [0.2, 0.25) is 0 Å². The molecule has 0 amide bonds. The highest BCUT2D eigenvalue weighted by atomic mass is 35.5. The molecule has 1 atom stereocenters. The van der Waals surface area contributed by atoms with Crippen LogP contribution in [-0.4, -0.2) is 37.9 Å². The van der Waals surface area contributed by atoms with Crippen molar-refractivity contribution in [3.63, 3.8) is 0 Å². The summed E-state index contributed by atoms with van der Waals surface area (Å²) in [6.07, 6.45) is 3.12. The minimum atomic E-state index is -2.98. The topological polar surface area (TPSA) is 37.4 Å². The second kappa shape index (κ2) is 5.77. The Morgan fingerprint density at radius 1 is 1.47 bits per heavy atom. The molecule has 1 aromatic rings. The zero-order chi connectivity index (χ0) is 14.0. The summed E-state index contributed by atoms with van der Waals surface area (Å²) in [5.74, 6) is -0.186. The Balaban J connectivity index is 2.09. The maximum absolute atomic E-state index is 13.0. The van der Waals surface area contributed by atoms with Crippen LogP contribution in [0, 0.1) is 5.82 Å². The van der Waals surface area contributed by atoms with Crippen LogP contribution in [0.5, 0.6) is 0 Å². The Morgan fingerprint density at radius 3 is 2.84 bits per heavy atom. The maximum Gasteiger partial charge on any atom is 0.148 e. The van der Waals surface area contributed by atoms with Crippen molar-refractivity contribution in [1.29, 1.82) is 0 Å². The predicted octanol–water partition coefficient (Wildman–Crippen LogP) is 2.49. The van der Waals surface area contributed by atoms with E-state index in [0.29, 0.717) is 11.6 Å². The summed E-state index contributed by atoms with van der Waals surface area (Å²) in [7, 11) is -2.98. The third-order valence-electron chi connectivity index (χ3n) is 3.38. The van der Waals surface area contributed by atoms with Gasteiger partial charge in [0.05, 0.1) is 5.75 Å². The first kappa shape index (κ1) is 14.8. The molecule has 106 valence electrons. The standard InChI is InChI=1S/C13H17ClFNO2S/c1-19(17,18)9-12-3-2-6-16(12)8-10-4-5-11(15)7-13(10)14/h4-5,7,12H,2-3,6,8-9H2,1H3/t12-/m1/s1. The molecule has 0 radical (unpaired) electrons. The number of rotatable bonds is 4. The van der Waals surface area contributed by atoms with E-state index in [0.717, 1.165) is 24.9 Å². The van der Waals surface area contributed by atoms with Crippen molar-refractivity contribution in [2.24, 2.45) is 0 Å². The molecule has 0 N–H and O–H groups in total. The van der Waals surface area contributed by atoms with Crippen molar-refractivity contribution in [2.45, 2.75) is 25.4 Å². The predicted molar refractivity (Wildman–Crippen MR) is 74.6 cm³/mol. The van der Waals surface area contributed by atoms with Crippen LogP contribution < -0.4 is 0 Å². The van der Waals surface area contributed by atoms with Crippen LogP contribution in [0.4, 0.5) is 4.39 Å². The van der Waals surface area contributed by atoms with Gasteiger partial charge in [-0.3, -0.25) is 4.90 Å². The molecule has 3 nitrogen and oxygen atoms in total. The lowest BCUT2D eigenvalue weighted by Crippen LogP contribution is -2.34. The van der Waals surface area contributed by atoms with Gasteiger partial charge in [0.15, 0.2) is 0 Å². The summed E-state index contributed by atoms with van der Waals surface area (Å²) in [6, 6.07) is 4.37. The Hall–Kier alpha value is -0.650. The Labute approximate surface area is 118 Å². The van der Waals surface area contributed by atoms with Gasteiger partial charge in [0, 0.05) is 23.9 Å². The van der Waals surface area contributed by atoms with Gasteiger partial charge in [-0.25, -0.2) is 12.8 Å². The van der Waals surface area contributed by atoms with E-state index in [2.05, 4.69) is 4.90 Å². The first-order valence-electron chi connectivity index (χ1n) is 6.21. The van der Waals surface area contributed by atoms with E-state index in [-0.39, 0.29) is 17.6 Å². The smallest absolute Gasteiger partial charge is 0.148 e. The van der Waals surface area contributed by atoms with Crippen LogP contribution in [0.2, 0.25) is 5.02 Å². The quantitative estimate of drug-likeness (QED) is 0.857. The van der Waals surface area contributed by atoms with Crippen molar-refractivity contribution in [3.8, 4) is 0 Å². The van der Waals surface area contributed by atoms with Crippen LogP contribution in [-0.2, 0) is 16.4 Å². The molecule has 1 aliphatic rings. The summed E-state index contributed by atoms with van der Waals surface area (Å²) < 4.78 is 35.8. The summed E-state index contributed by atoms with van der Waals surface area (Å²) >= 11 is 6.00. The van der Waals surface area contributed by atoms with Crippen LogP contribution in [0.1, 0.15) is 18.4 Å². The number of nitrogens with zero attached hydrogens (tertiary/aromatic N) is 1. The van der Waals surface area contributed by atoms with E-state index in [4.69, 9.17) is 11.6 Å². The largest absolute Gasteiger partial charge is 0.295 e. The molecule has 1 aromatic carbocycles. The first-order valence-corrected chi connectivity index (χ1v) is 8.65. The zero-order valence-corrected chi connectivity index (χ0v) is 12.3. The van der Waals surface area contributed by atoms with Gasteiger partial charge < -0.3 is 0 Å². The van der Waals surface area contributed by atoms with Gasteiger partial charge in [0.25, 0.3) is 0 Å². The number of sulfone groups is 1. The fraction of sp³-hybridized carbons (Fsp3) is 0.538. The number of likely N-dealkylation sites (tertiary alicyclic amines) is 1. The normalized spacial score (nSPS) is 20.9. The fourth-order valence-corrected chi connectivity index (χ4v) is 3.81. The lowest BCUT2D eigenvalue weighted by atomic mass is 10.2. The first-order chi connectivity index (χ1) is 8.85. The lowest BCUT2D eigenvalue weighted by Gasteiger charge is -2.24. The molecule has 1 aliphatic heterocycles. The van der Waals surface area contributed by atoms with E-state index in [1.54, 1.807) is 6.07 Å². The fourth-order valence-electron chi connectivity index (χ4n) is 2.51. The SMILES string of the molecule is CS(=O)(=O)C[C@H]1CCCN1Cc1ccc(F)cc1Cl. The van der Waals surface area contributed by atoms with E-state index in [9.17, 15) is 12.8 Å². The number of benzene rings is 1. The van der Waals surface area contributed by atoms with Crippen LogP contribution in [0.15, 0.2) is 18.2 Å². The molecule has 0 aliphatic carbocycles. The van der Waals surface area contributed by atoms with Crippen LogP contribution in [0.3, 0.4) is 0 Å². The van der Waals surface area contributed by atoms with Gasteiger partial charge in [-0.15, -0.1) is 0 Å². The number of hydrogen-bond donors (Lipinski definition) is 0. The molecular weight excluding hydrogens is 289 g/mol. The highest BCUT2D eigenvalue weighted by Crippen LogP contribution is 2.25. The van der Waals surface area contributed by atoms with Gasteiger partial charge in [-0.05, 0) is 37.1 Å². The van der Waals surface area contributed by atoms with Crippen molar-refractivity contribution in [2.75, 3.05) is 18.6 Å². The van der Waals surface area contributed by atoms with Gasteiger partial charge >= 0.3 is 0 Å². The Kier molecular flexibility index (Phi) is 4.48. The summed E-state index contributed by atoms with van der Waals surface area (Å²) in [6.45, 7) is 1.42. The summed E-state index contributed by atoms with van der Waals surface area (Å²) in [4.78, 5) is 2.11. The minimum absolute atomic E-state index is 0.0381. The zero-order valence-electron chi connectivity index (χ0n) is 10.8. The molecule has 0 unspecified atom stereocenters. The van der Waals surface area contributed by atoms with E-state index in [1.807, 2.05) is 0 Å². The highest BCUT2D eigenvalue weighted by molar-refractivity contribution is 7.90. The number of halogens is 2. The molecule has 2 rings (SSSR count). The van der Waals surface area contributed by atoms with Crippen molar-refractivity contribution < 1.29 is 12.8 Å². The Morgan fingerprint density at radius 2 is 2.21 bits per heavy atom. The van der Waals surface area contributed by atoms with Gasteiger partial charge in [-0.2, -0.15) is 0 Å². The van der Waals surface area contributed by atoms with Gasteiger partial charge in [-0.1, -0.05) is 17.7 Å². The molecule has 0 aromatic heterocycles.